The average molecular weight is 345 g/mol. The zero-order chi connectivity index (χ0) is 18.2. The first-order chi connectivity index (χ1) is 12.0. The molecule has 132 valence electrons. The minimum Gasteiger partial charge on any atom is -0.489 e. The van der Waals surface area contributed by atoms with Crippen molar-refractivity contribution in [1.82, 2.24) is 4.90 Å². The largest absolute Gasteiger partial charge is 0.489 e. The Morgan fingerprint density at radius 2 is 1.84 bits per heavy atom. The van der Waals surface area contributed by atoms with E-state index in [0.29, 0.717) is 12.2 Å². The van der Waals surface area contributed by atoms with Crippen LogP contribution in [0.1, 0.15) is 10.4 Å². The number of nitrogens with two attached hydrogens (primary N) is 1. The summed E-state index contributed by atoms with van der Waals surface area (Å²) < 4.78 is 18.8. The summed E-state index contributed by atoms with van der Waals surface area (Å²) in [5.41, 5.74) is 5.90. The van der Waals surface area contributed by atoms with Crippen LogP contribution >= 0.6 is 0 Å². The molecule has 0 aromatic heterocycles. The second kappa shape index (κ2) is 8.79. The lowest BCUT2D eigenvalue weighted by Gasteiger charge is -2.17. The van der Waals surface area contributed by atoms with E-state index in [1.54, 1.807) is 54.4 Å². The van der Waals surface area contributed by atoms with Crippen molar-refractivity contribution in [2.75, 3.05) is 32.1 Å². The molecule has 25 heavy (non-hydrogen) atoms. The van der Waals surface area contributed by atoms with Gasteiger partial charge in [-0.05, 0) is 31.3 Å². The van der Waals surface area contributed by atoms with Crippen molar-refractivity contribution in [2.24, 2.45) is 5.73 Å². The van der Waals surface area contributed by atoms with Gasteiger partial charge in [-0.3, -0.25) is 14.5 Å². The van der Waals surface area contributed by atoms with Gasteiger partial charge in [-0.25, -0.2) is 4.39 Å². The summed E-state index contributed by atoms with van der Waals surface area (Å²) in [6.07, 6.45) is 0. The molecule has 0 saturated heterocycles. The van der Waals surface area contributed by atoms with E-state index in [1.807, 2.05) is 0 Å². The Morgan fingerprint density at radius 3 is 2.56 bits per heavy atom. The number of carbonyl (C=O) groups excluding carboxylic acids is 2. The number of likely N-dealkylation sites (N-methyl/N-ethyl adjacent to an activating group) is 1. The number of hydrogen-bond donors (Lipinski definition) is 2. The van der Waals surface area contributed by atoms with Crippen molar-refractivity contribution in [3.8, 4) is 5.75 Å². The molecular weight excluding hydrogens is 325 g/mol. The first-order valence-electron chi connectivity index (χ1n) is 7.72. The second-order valence-electron chi connectivity index (χ2n) is 5.47. The molecule has 6 nitrogen and oxygen atoms in total. The average Bonchev–Trinajstić information content (AvgIpc) is 2.56. The molecule has 2 rings (SSSR count). The highest BCUT2D eigenvalue weighted by atomic mass is 19.1. The number of carbonyl (C=O) groups is 2. The van der Waals surface area contributed by atoms with Crippen LogP contribution in [0.5, 0.6) is 5.75 Å². The van der Waals surface area contributed by atoms with Gasteiger partial charge in [0.15, 0.2) is 11.6 Å². The highest BCUT2D eigenvalue weighted by Gasteiger charge is 2.12. The fourth-order valence-electron chi connectivity index (χ4n) is 2.19. The molecule has 7 heteroatoms. The molecule has 0 aliphatic heterocycles. The number of ether oxygens (including phenoxy) is 1. The van der Waals surface area contributed by atoms with Crippen molar-refractivity contribution in [3.63, 3.8) is 0 Å². The van der Waals surface area contributed by atoms with Crippen LogP contribution in [-0.4, -0.2) is 43.5 Å². The second-order valence-corrected chi connectivity index (χ2v) is 5.47. The third-order valence-corrected chi connectivity index (χ3v) is 3.45. The molecule has 2 aromatic carbocycles. The first kappa shape index (κ1) is 18.4. The van der Waals surface area contributed by atoms with Gasteiger partial charge in [0.25, 0.3) is 5.91 Å². The SMILES string of the molecule is CN(CCOc1ccccc1F)CC(=O)Nc1ccccc1C(N)=O. The molecule has 0 spiro atoms. The van der Waals surface area contributed by atoms with E-state index < -0.39 is 11.7 Å². The van der Waals surface area contributed by atoms with Gasteiger partial charge in [0.1, 0.15) is 6.61 Å². The summed E-state index contributed by atoms with van der Waals surface area (Å²) in [5, 5.41) is 2.66. The predicted octanol–water partition coefficient (Wildman–Crippen LogP) is 1.87. The molecule has 0 fully saturated rings. The summed E-state index contributed by atoms with van der Waals surface area (Å²) in [6.45, 7) is 0.759. The van der Waals surface area contributed by atoms with Crippen molar-refractivity contribution < 1.29 is 18.7 Å². The number of halogens is 1. The number of anilines is 1. The molecular formula is C18H20FN3O3. The fraction of sp³-hybridized carbons (Fsp3) is 0.222. The highest BCUT2D eigenvalue weighted by molar-refractivity contribution is 6.03. The van der Waals surface area contributed by atoms with Gasteiger partial charge in [-0.15, -0.1) is 0 Å². The van der Waals surface area contributed by atoms with Gasteiger partial charge in [0.2, 0.25) is 5.91 Å². The maximum atomic E-state index is 13.4. The van der Waals surface area contributed by atoms with Crippen LogP contribution in [0.15, 0.2) is 48.5 Å². The Morgan fingerprint density at radius 1 is 1.16 bits per heavy atom. The zero-order valence-electron chi connectivity index (χ0n) is 13.9. The van der Waals surface area contributed by atoms with E-state index in [1.165, 1.54) is 6.07 Å². The van der Waals surface area contributed by atoms with Gasteiger partial charge < -0.3 is 15.8 Å². The minimum atomic E-state index is -0.609. The zero-order valence-corrected chi connectivity index (χ0v) is 13.9. The molecule has 2 amide bonds. The third-order valence-electron chi connectivity index (χ3n) is 3.45. The summed E-state index contributed by atoms with van der Waals surface area (Å²) in [7, 11) is 1.74. The van der Waals surface area contributed by atoms with E-state index in [2.05, 4.69) is 5.32 Å². The summed E-state index contributed by atoms with van der Waals surface area (Å²) >= 11 is 0. The first-order valence-corrected chi connectivity index (χ1v) is 7.72. The molecule has 0 unspecified atom stereocenters. The summed E-state index contributed by atoms with van der Waals surface area (Å²) in [4.78, 5) is 25.1. The molecule has 0 atom stereocenters. The van der Waals surface area contributed by atoms with E-state index in [-0.39, 0.29) is 30.4 Å². The maximum Gasteiger partial charge on any atom is 0.250 e. The summed E-state index contributed by atoms with van der Waals surface area (Å²) in [6, 6.07) is 12.7. The molecule has 2 aromatic rings. The topological polar surface area (TPSA) is 84.7 Å². The third kappa shape index (κ3) is 5.58. The lowest BCUT2D eigenvalue weighted by molar-refractivity contribution is -0.117. The molecule has 0 saturated carbocycles. The van der Waals surface area contributed by atoms with E-state index in [0.717, 1.165) is 0 Å². The smallest absolute Gasteiger partial charge is 0.250 e. The Kier molecular flexibility index (Phi) is 6.47. The monoisotopic (exact) mass is 345 g/mol. The number of para-hydroxylation sites is 2. The van der Waals surface area contributed by atoms with Crippen LogP contribution in [0.25, 0.3) is 0 Å². The van der Waals surface area contributed by atoms with E-state index >= 15 is 0 Å². The van der Waals surface area contributed by atoms with Crippen molar-refractivity contribution >= 4 is 17.5 Å². The van der Waals surface area contributed by atoms with Gasteiger partial charge in [0.05, 0.1) is 17.8 Å². The van der Waals surface area contributed by atoms with Crippen LogP contribution in [-0.2, 0) is 4.79 Å². The number of amides is 2. The maximum absolute atomic E-state index is 13.4. The molecule has 0 aliphatic carbocycles. The van der Waals surface area contributed by atoms with Gasteiger partial charge in [0, 0.05) is 6.54 Å². The number of rotatable bonds is 8. The lowest BCUT2D eigenvalue weighted by atomic mass is 10.1. The quantitative estimate of drug-likeness (QED) is 0.765. The number of primary amides is 1. The Hall–Kier alpha value is -2.93. The molecule has 0 aliphatic rings. The Bertz CT molecular complexity index is 752. The Balaban J connectivity index is 1.80. The number of benzene rings is 2. The minimum absolute atomic E-state index is 0.0910. The highest BCUT2D eigenvalue weighted by Crippen LogP contribution is 2.15. The summed E-state index contributed by atoms with van der Waals surface area (Å²) in [5.74, 6) is -1.15. The number of nitrogens with one attached hydrogen (secondary N) is 1. The number of hydrogen-bond acceptors (Lipinski definition) is 4. The van der Waals surface area contributed by atoms with Crippen LogP contribution < -0.4 is 15.8 Å². The van der Waals surface area contributed by atoms with Gasteiger partial charge in [-0.1, -0.05) is 24.3 Å². The van der Waals surface area contributed by atoms with Crippen molar-refractivity contribution in [1.29, 1.82) is 0 Å². The predicted molar refractivity (Wildman–Crippen MR) is 93.0 cm³/mol. The molecule has 0 bridgehead atoms. The van der Waals surface area contributed by atoms with Gasteiger partial charge in [-0.2, -0.15) is 0 Å². The molecule has 3 N–H and O–H groups in total. The van der Waals surface area contributed by atoms with Gasteiger partial charge >= 0.3 is 0 Å². The van der Waals surface area contributed by atoms with E-state index in [4.69, 9.17) is 10.5 Å². The van der Waals surface area contributed by atoms with Crippen LogP contribution in [0, 0.1) is 5.82 Å². The standard InChI is InChI=1S/C18H20FN3O3/c1-22(10-11-25-16-9-5-3-7-14(16)19)12-17(23)21-15-8-4-2-6-13(15)18(20)24/h2-9H,10-12H2,1H3,(H2,20,24)(H,21,23). The molecule has 0 radical (unpaired) electrons. The lowest BCUT2D eigenvalue weighted by Crippen LogP contribution is -2.33. The van der Waals surface area contributed by atoms with E-state index in [9.17, 15) is 14.0 Å². The van der Waals surface area contributed by atoms with Crippen molar-refractivity contribution in [3.05, 3.63) is 59.9 Å². The van der Waals surface area contributed by atoms with Crippen LogP contribution in [0.3, 0.4) is 0 Å². The Labute approximate surface area is 145 Å². The van der Waals surface area contributed by atoms with Crippen molar-refractivity contribution in [2.45, 2.75) is 0 Å². The fourth-order valence-corrected chi connectivity index (χ4v) is 2.19. The normalized spacial score (nSPS) is 10.5. The van der Waals surface area contributed by atoms with Crippen LogP contribution in [0.2, 0.25) is 0 Å². The molecule has 0 heterocycles. The number of nitrogens with zero attached hydrogens (tertiary/aromatic N) is 1. The van der Waals surface area contributed by atoms with Crippen LogP contribution in [0.4, 0.5) is 10.1 Å².